The number of hydrogen-bond acceptors (Lipinski definition) is 5. The third kappa shape index (κ3) is 3.84. The summed E-state index contributed by atoms with van der Waals surface area (Å²) in [5, 5.41) is 11.1. The SMILES string of the molecule is COC(=O)c1cccc(C(=O)NCCCO)n1. The Morgan fingerprint density at radius 2 is 2.12 bits per heavy atom. The zero-order chi connectivity index (χ0) is 12.7. The molecule has 0 radical (unpaired) electrons. The van der Waals surface area contributed by atoms with Crippen molar-refractivity contribution in [3.05, 3.63) is 29.6 Å². The Morgan fingerprint density at radius 3 is 2.76 bits per heavy atom. The van der Waals surface area contributed by atoms with Gasteiger partial charge in [0.1, 0.15) is 11.4 Å². The molecule has 0 aliphatic heterocycles. The van der Waals surface area contributed by atoms with E-state index in [2.05, 4.69) is 15.0 Å². The van der Waals surface area contributed by atoms with E-state index in [9.17, 15) is 9.59 Å². The first kappa shape index (κ1) is 13.1. The molecular weight excluding hydrogens is 224 g/mol. The Morgan fingerprint density at radius 1 is 1.41 bits per heavy atom. The Balaban J connectivity index is 2.70. The molecule has 1 rings (SSSR count). The molecule has 0 spiro atoms. The van der Waals surface area contributed by atoms with E-state index in [4.69, 9.17) is 5.11 Å². The molecule has 0 bridgehead atoms. The summed E-state index contributed by atoms with van der Waals surface area (Å²) in [7, 11) is 1.25. The number of esters is 1. The minimum absolute atomic E-state index is 0.00983. The second kappa shape index (κ2) is 6.59. The lowest BCUT2D eigenvalue weighted by molar-refractivity contribution is 0.0594. The molecule has 6 nitrogen and oxygen atoms in total. The standard InChI is InChI=1S/C11H14N2O4/c1-17-11(16)9-5-2-4-8(13-9)10(15)12-6-3-7-14/h2,4-5,14H,3,6-7H2,1H3,(H,12,15). The first-order chi connectivity index (χ1) is 8.19. The normalized spacial score (nSPS) is 9.76. The van der Waals surface area contributed by atoms with Crippen molar-refractivity contribution in [3.8, 4) is 0 Å². The van der Waals surface area contributed by atoms with E-state index in [0.717, 1.165) is 0 Å². The van der Waals surface area contributed by atoms with E-state index in [1.54, 1.807) is 6.07 Å². The molecule has 17 heavy (non-hydrogen) atoms. The zero-order valence-corrected chi connectivity index (χ0v) is 9.47. The second-order valence-corrected chi connectivity index (χ2v) is 3.23. The van der Waals surface area contributed by atoms with Crippen LogP contribution in [0, 0.1) is 0 Å². The molecule has 0 saturated heterocycles. The fourth-order valence-corrected chi connectivity index (χ4v) is 1.15. The largest absolute Gasteiger partial charge is 0.464 e. The maximum Gasteiger partial charge on any atom is 0.356 e. The third-order valence-corrected chi connectivity index (χ3v) is 2.00. The predicted octanol–water partition coefficient (Wildman–Crippen LogP) is -0.0196. The number of carbonyl (C=O) groups is 2. The highest BCUT2D eigenvalue weighted by molar-refractivity contribution is 5.94. The highest BCUT2D eigenvalue weighted by Gasteiger charge is 2.11. The first-order valence-electron chi connectivity index (χ1n) is 5.13. The van der Waals surface area contributed by atoms with Gasteiger partial charge in [-0.1, -0.05) is 6.07 Å². The fraction of sp³-hybridized carbons (Fsp3) is 0.364. The van der Waals surface area contributed by atoms with Crippen molar-refractivity contribution < 1.29 is 19.4 Å². The molecule has 1 heterocycles. The Labute approximate surface area is 98.6 Å². The summed E-state index contributed by atoms with van der Waals surface area (Å²) in [6, 6.07) is 4.53. The van der Waals surface area contributed by atoms with Crippen LogP contribution in [0.5, 0.6) is 0 Å². The molecule has 0 saturated carbocycles. The molecule has 1 amide bonds. The molecule has 0 atom stereocenters. The molecule has 0 aliphatic rings. The van der Waals surface area contributed by atoms with Crippen LogP contribution < -0.4 is 5.32 Å². The van der Waals surface area contributed by atoms with Crippen molar-refractivity contribution in [2.24, 2.45) is 0 Å². The van der Waals surface area contributed by atoms with Crippen LogP contribution in [0.1, 0.15) is 27.4 Å². The van der Waals surface area contributed by atoms with Crippen LogP contribution in [0.3, 0.4) is 0 Å². The summed E-state index contributed by atoms with van der Waals surface area (Å²) in [4.78, 5) is 26.6. The van der Waals surface area contributed by atoms with Crippen LogP contribution in [0.4, 0.5) is 0 Å². The maximum absolute atomic E-state index is 11.6. The fourth-order valence-electron chi connectivity index (χ4n) is 1.15. The van der Waals surface area contributed by atoms with Crippen LogP contribution in [-0.2, 0) is 4.74 Å². The number of methoxy groups -OCH3 is 1. The summed E-state index contributed by atoms with van der Waals surface area (Å²) >= 11 is 0. The number of nitrogens with zero attached hydrogens (tertiary/aromatic N) is 1. The molecular formula is C11H14N2O4. The van der Waals surface area contributed by atoms with Gasteiger partial charge in [-0.3, -0.25) is 4.79 Å². The van der Waals surface area contributed by atoms with Crippen LogP contribution >= 0.6 is 0 Å². The van der Waals surface area contributed by atoms with Gasteiger partial charge in [-0.05, 0) is 18.6 Å². The van der Waals surface area contributed by atoms with Crippen LogP contribution in [0.25, 0.3) is 0 Å². The quantitative estimate of drug-likeness (QED) is 0.556. The Bertz CT molecular complexity index is 406. The van der Waals surface area contributed by atoms with Crippen molar-refractivity contribution in [3.63, 3.8) is 0 Å². The monoisotopic (exact) mass is 238 g/mol. The number of rotatable bonds is 5. The van der Waals surface area contributed by atoms with E-state index in [1.807, 2.05) is 0 Å². The topological polar surface area (TPSA) is 88.5 Å². The van der Waals surface area contributed by atoms with E-state index in [-0.39, 0.29) is 23.9 Å². The number of pyridine rings is 1. The van der Waals surface area contributed by atoms with Gasteiger partial charge >= 0.3 is 5.97 Å². The number of aliphatic hydroxyl groups is 1. The number of hydrogen-bond donors (Lipinski definition) is 2. The van der Waals surface area contributed by atoms with Gasteiger partial charge in [-0.15, -0.1) is 0 Å². The summed E-state index contributed by atoms with van der Waals surface area (Å²) in [5.41, 5.74) is 0.230. The third-order valence-electron chi connectivity index (χ3n) is 2.00. The zero-order valence-electron chi connectivity index (χ0n) is 9.47. The smallest absolute Gasteiger partial charge is 0.356 e. The van der Waals surface area contributed by atoms with Crippen LogP contribution in [0.2, 0.25) is 0 Å². The van der Waals surface area contributed by atoms with Crippen molar-refractivity contribution >= 4 is 11.9 Å². The first-order valence-corrected chi connectivity index (χ1v) is 5.13. The number of aliphatic hydroxyl groups excluding tert-OH is 1. The molecule has 0 aromatic carbocycles. The van der Waals surface area contributed by atoms with Gasteiger partial charge in [0.05, 0.1) is 7.11 Å². The van der Waals surface area contributed by atoms with Crippen LogP contribution in [0.15, 0.2) is 18.2 Å². The molecule has 0 aliphatic carbocycles. The number of nitrogens with one attached hydrogen (secondary N) is 1. The van der Waals surface area contributed by atoms with Gasteiger partial charge in [0.2, 0.25) is 0 Å². The molecule has 1 aromatic rings. The van der Waals surface area contributed by atoms with E-state index >= 15 is 0 Å². The maximum atomic E-state index is 11.6. The Hall–Kier alpha value is -1.95. The van der Waals surface area contributed by atoms with Gasteiger partial charge in [-0.2, -0.15) is 0 Å². The van der Waals surface area contributed by atoms with E-state index in [0.29, 0.717) is 13.0 Å². The lowest BCUT2D eigenvalue weighted by Gasteiger charge is -2.04. The lowest BCUT2D eigenvalue weighted by Crippen LogP contribution is -2.26. The minimum Gasteiger partial charge on any atom is -0.464 e. The van der Waals surface area contributed by atoms with Gasteiger partial charge < -0.3 is 15.2 Å². The highest BCUT2D eigenvalue weighted by atomic mass is 16.5. The van der Waals surface area contributed by atoms with Gasteiger partial charge in [-0.25, -0.2) is 9.78 Å². The van der Waals surface area contributed by atoms with Gasteiger partial charge in [0, 0.05) is 13.2 Å². The van der Waals surface area contributed by atoms with Crippen molar-refractivity contribution in [1.82, 2.24) is 10.3 Å². The van der Waals surface area contributed by atoms with Crippen molar-refractivity contribution in [1.29, 1.82) is 0 Å². The Kier molecular flexibility index (Phi) is 5.09. The molecule has 0 unspecified atom stereocenters. The number of aromatic nitrogens is 1. The van der Waals surface area contributed by atoms with Crippen LogP contribution in [-0.4, -0.2) is 42.2 Å². The van der Waals surface area contributed by atoms with E-state index < -0.39 is 5.97 Å². The number of amides is 1. The average Bonchev–Trinajstić information content (AvgIpc) is 2.38. The van der Waals surface area contributed by atoms with Gasteiger partial charge in [0.15, 0.2) is 0 Å². The molecule has 1 aromatic heterocycles. The summed E-state index contributed by atoms with van der Waals surface area (Å²) in [6.07, 6.45) is 0.475. The summed E-state index contributed by atoms with van der Waals surface area (Å²) < 4.78 is 4.50. The minimum atomic E-state index is -0.588. The summed E-state index contributed by atoms with van der Waals surface area (Å²) in [6.45, 7) is 0.370. The van der Waals surface area contributed by atoms with E-state index in [1.165, 1.54) is 19.2 Å². The van der Waals surface area contributed by atoms with Crippen molar-refractivity contribution in [2.45, 2.75) is 6.42 Å². The average molecular weight is 238 g/mol. The molecule has 6 heteroatoms. The molecule has 0 fully saturated rings. The second-order valence-electron chi connectivity index (χ2n) is 3.23. The summed E-state index contributed by atoms with van der Waals surface area (Å²) in [5.74, 6) is -0.973. The van der Waals surface area contributed by atoms with Crippen molar-refractivity contribution in [2.75, 3.05) is 20.3 Å². The predicted molar refractivity (Wildman–Crippen MR) is 59.6 cm³/mol. The highest BCUT2D eigenvalue weighted by Crippen LogP contribution is 2.01. The molecule has 2 N–H and O–H groups in total. The number of carbonyl (C=O) groups excluding carboxylic acids is 2. The number of ether oxygens (including phenoxy) is 1. The van der Waals surface area contributed by atoms with Gasteiger partial charge in [0.25, 0.3) is 5.91 Å². The molecule has 92 valence electrons. The lowest BCUT2D eigenvalue weighted by atomic mass is 10.3.